The van der Waals surface area contributed by atoms with Gasteiger partial charge in [0, 0.05) is 6.04 Å². The summed E-state index contributed by atoms with van der Waals surface area (Å²) in [5.74, 6) is 0.209. The van der Waals surface area contributed by atoms with Crippen molar-refractivity contribution in [2.75, 3.05) is 7.05 Å². The lowest BCUT2D eigenvalue weighted by molar-refractivity contribution is -0.144. The van der Waals surface area contributed by atoms with Crippen LogP contribution < -0.4 is 0 Å². The van der Waals surface area contributed by atoms with Crippen LogP contribution in [0.1, 0.15) is 58.8 Å². The summed E-state index contributed by atoms with van der Waals surface area (Å²) in [5.41, 5.74) is 0. The first-order valence-corrected chi connectivity index (χ1v) is 7.04. The molecule has 0 aromatic heterocycles. The second-order valence-electron chi connectivity index (χ2n) is 5.39. The molecule has 0 aliphatic heterocycles. The summed E-state index contributed by atoms with van der Waals surface area (Å²) in [5, 5.41) is 9.17. The summed E-state index contributed by atoms with van der Waals surface area (Å²) < 4.78 is 0. The van der Waals surface area contributed by atoms with Crippen LogP contribution in [0.15, 0.2) is 0 Å². The average Bonchev–Trinajstić information content (AvgIpc) is 2.30. The lowest BCUT2D eigenvalue weighted by Crippen LogP contribution is -2.45. The fraction of sp³-hybridized carbons (Fsp3) is 0.929. The molecule has 0 spiro atoms. The Balaban J connectivity index is 2.44. The third-order valence-electron chi connectivity index (χ3n) is 4.25. The predicted molar refractivity (Wildman–Crippen MR) is 70.1 cm³/mol. The molecule has 1 unspecified atom stereocenters. The van der Waals surface area contributed by atoms with Gasteiger partial charge in [-0.1, -0.05) is 26.7 Å². The van der Waals surface area contributed by atoms with Crippen LogP contribution in [0.4, 0.5) is 0 Å². The molecule has 1 rings (SSSR count). The molecule has 1 fully saturated rings. The molecule has 1 saturated carbocycles. The molecule has 0 saturated heterocycles. The summed E-state index contributed by atoms with van der Waals surface area (Å²) >= 11 is 0. The van der Waals surface area contributed by atoms with Crippen LogP contribution in [0.3, 0.4) is 0 Å². The molecule has 0 heterocycles. The van der Waals surface area contributed by atoms with E-state index >= 15 is 0 Å². The quantitative estimate of drug-likeness (QED) is 0.776. The Morgan fingerprint density at radius 1 is 1.29 bits per heavy atom. The molecule has 0 aromatic carbocycles. The number of rotatable bonds is 6. The fourth-order valence-electron chi connectivity index (χ4n) is 3.14. The lowest BCUT2D eigenvalue weighted by Gasteiger charge is -2.37. The molecule has 3 nitrogen and oxygen atoms in total. The van der Waals surface area contributed by atoms with Crippen molar-refractivity contribution in [2.24, 2.45) is 5.92 Å². The first kappa shape index (κ1) is 14.5. The largest absolute Gasteiger partial charge is 0.480 e. The van der Waals surface area contributed by atoms with E-state index in [-0.39, 0.29) is 6.04 Å². The summed E-state index contributed by atoms with van der Waals surface area (Å²) in [6.07, 6.45) is 8.21. The Morgan fingerprint density at radius 3 is 2.29 bits per heavy atom. The maximum absolute atomic E-state index is 11.1. The third-order valence-corrected chi connectivity index (χ3v) is 4.25. The maximum atomic E-state index is 11.1. The molecule has 1 N–H and O–H groups in total. The highest BCUT2D eigenvalue weighted by Crippen LogP contribution is 2.30. The minimum absolute atomic E-state index is 0.303. The van der Waals surface area contributed by atoms with Gasteiger partial charge in [0.05, 0.1) is 0 Å². The third kappa shape index (κ3) is 3.98. The summed E-state index contributed by atoms with van der Waals surface area (Å²) in [6.45, 7) is 4.20. The van der Waals surface area contributed by atoms with Crippen molar-refractivity contribution in [3.63, 3.8) is 0 Å². The highest BCUT2D eigenvalue weighted by atomic mass is 16.4. The van der Waals surface area contributed by atoms with Gasteiger partial charge in [0.2, 0.25) is 0 Å². The van der Waals surface area contributed by atoms with E-state index in [1.807, 2.05) is 14.0 Å². The standard InChI is InChI=1S/C14H27NO2/c1-4-6-11-7-9-12(10-8-11)15(3)13(5-2)14(16)17/h11-13H,4-10H2,1-3H3,(H,16,17). The Kier molecular flexibility index (Phi) is 5.96. The summed E-state index contributed by atoms with van der Waals surface area (Å²) in [7, 11) is 1.98. The number of hydrogen-bond donors (Lipinski definition) is 1. The highest BCUT2D eigenvalue weighted by Gasteiger charge is 2.29. The molecule has 0 bridgehead atoms. The van der Waals surface area contributed by atoms with Crippen LogP contribution >= 0.6 is 0 Å². The Bertz CT molecular complexity index is 234. The number of hydrogen-bond acceptors (Lipinski definition) is 2. The smallest absolute Gasteiger partial charge is 0.320 e. The van der Waals surface area contributed by atoms with E-state index in [9.17, 15) is 4.79 Å². The van der Waals surface area contributed by atoms with Gasteiger partial charge in [0.1, 0.15) is 6.04 Å². The topological polar surface area (TPSA) is 40.5 Å². The van der Waals surface area contributed by atoms with E-state index in [1.54, 1.807) is 0 Å². The number of carboxylic acid groups (broad SMARTS) is 1. The zero-order valence-electron chi connectivity index (χ0n) is 11.5. The van der Waals surface area contributed by atoms with Gasteiger partial charge in [-0.25, -0.2) is 0 Å². The second-order valence-corrected chi connectivity index (χ2v) is 5.39. The van der Waals surface area contributed by atoms with Gasteiger partial charge in [-0.15, -0.1) is 0 Å². The maximum Gasteiger partial charge on any atom is 0.320 e. The van der Waals surface area contributed by atoms with Crippen LogP contribution in [0.2, 0.25) is 0 Å². The number of likely N-dealkylation sites (N-methyl/N-ethyl adjacent to an activating group) is 1. The van der Waals surface area contributed by atoms with Gasteiger partial charge in [0.15, 0.2) is 0 Å². The molecule has 0 amide bonds. The zero-order chi connectivity index (χ0) is 12.8. The second kappa shape index (κ2) is 7.00. The molecule has 1 atom stereocenters. The highest BCUT2D eigenvalue weighted by molar-refractivity contribution is 5.73. The van der Waals surface area contributed by atoms with Crippen molar-refractivity contribution in [3.8, 4) is 0 Å². The number of carbonyl (C=O) groups is 1. The van der Waals surface area contributed by atoms with E-state index in [0.29, 0.717) is 12.5 Å². The van der Waals surface area contributed by atoms with E-state index < -0.39 is 5.97 Å². The Morgan fingerprint density at radius 2 is 1.88 bits per heavy atom. The molecule has 17 heavy (non-hydrogen) atoms. The van der Waals surface area contributed by atoms with Crippen molar-refractivity contribution in [1.82, 2.24) is 4.90 Å². The van der Waals surface area contributed by atoms with Gasteiger partial charge in [-0.2, -0.15) is 0 Å². The number of nitrogens with zero attached hydrogens (tertiary/aromatic N) is 1. The van der Waals surface area contributed by atoms with Crippen LogP contribution in [-0.2, 0) is 4.79 Å². The molecule has 100 valence electrons. The molecule has 3 heteroatoms. The van der Waals surface area contributed by atoms with Crippen molar-refractivity contribution in [1.29, 1.82) is 0 Å². The van der Waals surface area contributed by atoms with E-state index in [1.165, 1.54) is 38.5 Å². The van der Waals surface area contributed by atoms with Crippen LogP contribution in [-0.4, -0.2) is 35.1 Å². The molecule has 1 aliphatic rings. The predicted octanol–water partition coefficient (Wildman–Crippen LogP) is 3.14. The zero-order valence-corrected chi connectivity index (χ0v) is 11.5. The molecular weight excluding hydrogens is 214 g/mol. The number of carboxylic acids is 1. The lowest BCUT2D eigenvalue weighted by atomic mass is 9.82. The monoisotopic (exact) mass is 241 g/mol. The van der Waals surface area contributed by atoms with E-state index in [4.69, 9.17) is 5.11 Å². The van der Waals surface area contributed by atoms with Crippen LogP contribution in [0, 0.1) is 5.92 Å². The van der Waals surface area contributed by atoms with E-state index in [2.05, 4.69) is 11.8 Å². The molecular formula is C14H27NO2. The molecule has 0 aromatic rings. The van der Waals surface area contributed by atoms with Gasteiger partial charge in [-0.3, -0.25) is 9.69 Å². The first-order chi connectivity index (χ1) is 8.10. The van der Waals surface area contributed by atoms with Crippen molar-refractivity contribution in [3.05, 3.63) is 0 Å². The van der Waals surface area contributed by atoms with Gasteiger partial charge in [0.25, 0.3) is 0 Å². The SMILES string of the molecule is CCCC1CCC(N(C)C(CC)C(=O)O)CC1. The number of aliphatic carboxylic acids is 1. The normalized spacial score (nSPS) is 27.1. The van der Waals surface area contributed by atoms with Gasteiger partial charge in [-0.05, 0) is 45.1 Å². The van der Waals surface area contributed by atoms with Crippen molar-refractivity contribution < 1.29 is 9.90 Å². The summed E-state index contributed by atoms with van der Waals surface area (Å²) in [6, 6.07) is 0.173. The minimum Gasteiger partial charge on any atom is -0.480 e. The van der Waals surface area contributed by atoms with E-state index in [0.717, 1.165) is 5.92 Å². The van der Waals surface area contributed by atoms with Gasteiger partial charge < -0.3 is 5.11 Å². The fourth-order valence-corrected chi connectivity index (χ4v) is 3.14. The molecule has 0 radical (unpaired) electrons. The summed E-state index contributed by atoms with van der Waals surface area (Å²) in [4.78, 5) is 13.2. The molecule has 1 aliphatic carbocycles. The van der Waals surface area contributed by atoms with Crippen molar-refractivity contribution in [2.45, 2.75) is 70.9 Å². The Hall–Kier alpha value is -0.570. The van der Waals surface area contributed by atoms with Crippen molar-refractivity contribution >= 4 is 5.97 Å². The average molecular weight is 241 g/mol. The van der Waals surface area contributed by atoms with Crippen LogP contribution in [0.25, 0.3) is 0 Å². The first-order valence-electron chi connectivity index (χ1n) is 7.04. The minimum atomic E-state index is -0.675. The van der Waals surface area contributed by atoms with Gasteiger partial charge >= 0.3 is 5.97 Å². The van der Waals surface area contributed by atoms with Crippen LogP contribution in [0.5, 0.6) is 0 Å². The Labute approximate surface area is 105 Å².